The monoisotopic (exact) mass is 196 g/mol. The number of fused-ring (bicyclic) bond motifs is 1. The normalized spacial score (nSPS) is 15.0. The maximum Gasteiger partial charge on any atom is 0.493 e. The zero-order valence-corrected chi connectivity index (χ0v) is 7.71. The van der Waals surface area contributed by atoms with E-state index in [0.29, 0.717) is 12.5 Å². The second-order valence-electron chi connectivity index (χ2n) is 2.99. The smallest absolute Gasteiger partial charge is 0.390 e. The second-order valence-corrected chi connectivity index (χ2v) is 2.99. The van der Waals surface area contributed by atoms with Crippen LogP contribution in [0.5, 0.6) is 0 Å². The first-order valence-corrected chi connectivity index (χ1v) is 3.95. The number of nitrogens with zero attached hydrogens (tertiary/aromatic N) is 6. The standard InChI is InChI=1S/C6H8N6O2/c1-4-3-11-6(10(2)8-4)7-5(9-11)12(13)14/h3H2,1-2H3. The molecule has 0 spiro atoms. The molecule has 2 rings (SSSR count). The Kier molecular flexibility index (Phi) is 1.69. The predicted molar refractivity (Wildman–Crippen MR) is 48.2 cm³/mol. The lowest BCUT2D eigenvalue weighted by Crippen LogP contribution is -2.25. The van der Waals surface area contributed by atoms with Crippen molar-refractivity contribution in [3.63, 3.8) is 0 Å². The van der Waals surface area contributed by atoms with Crippen molar-refractivity contribution in [2.75, 3.05) is 12.1 Å². The molecule has 0 fully saturated rings. The maximum atomic E-state index is 10.4. The van der Waals surface area contributed by atoms with Crippen molar-refractivity contribution < 1.29 is 4.92 Å². The van der Waals surface area contributed by atoms with Gasteiger partial charge in [0.2, 0.25) is 0 Å². The number of hydrazone groups is 1. The van der Waals surface area contributed by atoms with Gasteiger partial charge >= 0.3 is 11.9 Å². The van der Waals surface area contributed by atoms with Gasteiger partial charge in [0.05, 0.1) is 5.71 Å². The molecule has 0 bridgehead atoms. The molecule has 0 N–H and O–H groups in total. The number of aromatic nitrogens is 3. The van der Waals surface area contributed by atoms with Crippen molar-refractivity contribution in [1.29, 1.82) is 0 Å². The lowest BCUT2D eigenvalue weighted by Gasteiger charge is -2.15. The van der Waals surface area contributed by atoms with Gasteiger partial charge in [-0.2, -0.15) is 5.10 Å². The van der Waals surface area contributed by atoms with E-state index in [0.717, 1.165) is 5.71 Å². The Morgan fingerprint density at radius 2 is 2.29 bits per heavy atom. The highest BCUT2D eigenvalue weighted by Gasteiger charge is 2.27. The molecule has 0 saturated carbocycles. The van der Waals surface area contributed by atoms with Gasteiger partial charge in [-0.1, -0.05) is 0 Å². The average Bonchev–Trinajstić information content (AvgIpc) is 2.47. The van der Waals surface area contributed by atoms with Crippen molar-refractivity contribution in [2.24, 2.45) is 5.10 Å². The summed E-state index contributed by atoms with van der Waals surface area (Å²) in [5.41, 5.74) is 0.833. The maximum absolute atomic E-state index is 10.4. The van der Waals surface area contributed by atoms with E-state index in [4.69, 9.17) is 0 Å². The quantitative estimate of drug-likeness (QED) is 0.466. The van der Waals surface area contributed by atoms with E-state index in [2.05, 4.69) is 15.2 Å². The number of anilines is 1. The summed E-state index contributed by atoms with van der Waals surface area (Å²) in [5.74, 6) is -0.000880. The highest BCUT2D eigenvalue weighted by molar-refractivity contribution is 5.83. The van der Waals surface area contributed by atoms with Gasteiger partial charge in [0.15, 0.2) is 0 Å². The molecule has 0 unspecified atom stereocenters. The van der Waals surface area contributed by atoms with Gasteiger partial charge < -0.3 is 10.1 Å². The fourth-order valence-electron chi connectivity index (χ4n) is 1.29. The summed E-state index contributed by atoms with van der Waals surface area (Å²) >= 11 is 0. The molecule has 74 valence electrons. The molecule has 8 nitrogen and oxygen atoms in total. The molecule has 0 aliphatic carbocycles. The fourth-order valence-corrected chi connectivity index (χ4v) is 1.29. The number of hydrogen-bond acceptors (Lipinski definition) is 6. The first-order valence-electron chi connectivity index (χ1n) is 3.95. The van der Waals surface area contributed by atoms with Gasteiger partial charge in [-0.25, -0.2) is 5.01 Å². The van der Waals surface area contributed by atoms with Crippen LogP contribution in [0.15, 0.2) is 5.10 Å². The summed E-state index contributed by atoms with van der Waals surface area (Å²) in [6, 6.07) is 0. The van der Waals surface area contributed by atoms with E-state index in [1.54, 1.807) is 7.05 Å². The molecule has 0 amide bonds. The van der Waals surface area contributed by atoms with Crippen LogP contribution >= 0.6 is 0 Å². The summed E-state index contributed by atoms with van der Waals surface area (Å²) in [7, 11) is 1.67. The fraction of sp³-hybridized carbons (Fsp3) is 0.500. The van der Waals surface area contributed by atoms with Gasteiger partial charge in [0.1, 0.15) is 6.54 Å². The second kappa shape index (κ2) is 2.76. The lowest BCUT2D eigenvalue weighted by atomic mass is 10.4. The molecule has 1 aliphatic heterocycles. The molecule has 8 heteroatoms. The van der Waals surface area contributed by atoms with Gasteiger partial charge in [-0.15, -0.1) is 4.68 Å². The van der Waals surface area contributed by atoms with Crippen LogP contribution in [0.2, 0.25) is 0 Å². The van der Waals surface area contributed by atoms with Crippen LogP contribution in [0.25, 0.3) is 0 Å². The Labute approximate surface area is 79.0 Å². The zero-order valence-electron chi connectivity index (χ0n) is 7.71. The molecular formula is C6H8N6O2. The predicted octanol–water partition coefficient (Wildman–Crippen LogP) is 0.0120. The topological polar surface area (TPSA) is 89.4 Å². The minimum absolute atomic E-state index is 0.391. The first kappa shape index (κ1) is 8.60. The van der Waals surface area contributed by atoms with Crippen molar-refractivity contribution in [2.45, 2.75) is 13.5 Å². The third kappa shape index (κ3) is 1.20. The summed E-state index contributed by atoms with van der Waals surface area (Å²) in [6.45, 7) is 2.27. The molecule has 0 atom stereocenters. The average molecular weight is 196 g/mol. The summed E-state index contributed by atoms with van der Waals surface area (Å²) in [4.78, 5) is 13.5. The van der Waals surface area contributed by atoms with Gasteiger partial charge in [-0.3, -0.25) is 0 Å². The van der Waals surface area contributed by atoms with Gasteiger partial charge in [0.25, 0.3) is 0 Å². The molecule has 0 aromatic carbocycles. The van der Waals surface area contributed by atoms with E-state index in [-0.39, 0.29) is 0 Å². The Bertz CT molecular complexity index is 422. The van der Waals surface area contributed by atoms with Crippen molar-refractivity contribution in [3.8, 4) is 0 Å². The molecule has 0 radical (unpaired) electrons. The SMILES string of the molecule is CC1=NN(C)c2nc([N+](=O)[O-])nn2C1. The number of nitro groups is 1. The Balaban J connectivity index is 2.44. The number of hydrogen-bond donors (Lipinski definition) is 0. The molecule has 1 aromatic rings. The van der Waals surface area contributed by atoms with Crippen LogP contribution in [0.3, 0.4) is 0 Å². The highest BCUT2D eigenvalue weighted by atomic mass is 16.6. The van der Waals surface area contributed by atoms with E-state index in [9.17, 15) is 10.1 Å². The minimum atomic E-state index is -0.617. The molecular weight excluding hydrogens is 188 g/mol. The molecule has 2 heterocycles. The Morgan fingerprint density at radius 1 is 1.57 bits per heavy atom. The van der Waals surface area contributed by atoms with Crippen LogP contribution in [0.1, 0.15) is 6.92 Å². The summed E-state index contributed by atoms with van der Waals surface area (Å²) in [6.07, 6.45) is 0. The molecule has 1 aromatic heterocycles. The minimum Gasteiger partial charge on any atom is -0.390 e. The van der Waals surface area contributed by atoms with Crippen molar-refractivity contribution in [1.82, 2.24) is 14.8 Å². The Morgan fingerprint density at radius 3 is 2.93 bits per heavy atom. The van der Waals surface area contributed by atoms with Crippen LogP contribution in [-0.4, -0.2) is 32.4 Å². The van der Waals surface area contributed by atoms with Crippen molar-refractivity contribution in [3.05, 3.63) is 10.1 Å². The molecule has 0 saturated heterocycles. The largest absolute Gasteiger partial charge is 0.493 e. The van der Waals surface area contributed by atoms with Gasteiger partial charge in [-0.05, 0) is 16.8 Å². The van der Waals surface area contributed by atoms with Crippen LogP contribution in [-0.2, 0) is 6.54 Å². The first-order chi connectivity index (χ1) is 6.58. The summed E-state index contributed by atoms with van der Waals surface area (Å²) < 4.78 is 1.46. The van der Waals surface area contributed by atoms with E-state index in [1.165, 1.54) is 9.69 Å². The van der Waals surface area contributed by atoms with E-state index >= 15 is 0 Å². The number of rotatable bonds is 1. The van der Waals surface area contributed by atoms with Crippen LogP contribution < -0.4 is 5.01 Å². The highest BCUT2D eigenvalue weighted by Crippen LogP contribution is 2.18. The van der Waals surface area contributed by atoms with Crippen LogP contribution in [0, 0.1) is 10.1 Å². The molecule has 1 aliphatic rings. The Hall–Kier alpha value is -1.99. The third-order valence-electron chi connectivity index (χ3n) is 1.79. The zero-order chi connectivity index (χ0) is 10.3. The molecule has 14 heavy (non-hydrogen) atoms. The van der Waals surface area contributed by atoms with Crippen LogP contribution in [0.4, 0.5) is 11.9 Å². The van der Waals surface area contributed by atoms with Crippen molar-refractivity contribution >= 4 is 17.6 Å². The van der Waals surface area contributed by atoms with Gasteiger partial charge in [0, 0.05) is 12.1 Å². The van der Waals surface area contributed by atoms with E-state index < -0.39 is 10.9 Å². The lowest BCUT2D eigenvalue weighted by molar-refractivity contribution is -0.394. The third-order valence-corrected chi connectivity index (χ3v) is 1.79. The summed E-state index contributed by atoms with van der Waals surface area (Å²) in [5, 5.41) is 19.7. The van der Waals surface area contributed by atoms with E-state index in [1.807, 2.05) is 6.92 Å².